The Morgan fingerprint density at radius 3 is 2.02 bits per heavy atom. The van der Waals surface area contributed by atoms with Crippen molar-refractivity contribution in [3.05, 3.63) is 160 Å². The lowest BCUT2D eigenvalue weighted by Crippen LogP contribution is -2.15. The highest BCUT2D eigenvalue weighted by Crippen LogP contribution is 2.36. The molecule has 4 aromatic rings. The standard InChI is InChI=1S/C35H28N2O7S/c38-34(39)28-19-25(15-17-30(28)36-21-23-9-3-1-4-10-23)33(27-13-7-8-14-32(27)45(42,43)44)26-16-18-31(29(20-26)35(40)41)37-22-24-11-5-2-6-12-24/h1-20,36H,21-22H2,(H,38,39)(H,40,41)(H,42,43,44). The summed E-state index contributed by atoms with van der Waals surface area (Å²) in [5.41, 5.74) is 2.98. The lowest BCUT2D eigenvalue weighted by molar-refractivity contribution is -0.132. The van der Waals surface area contributed by atoms with E-state index in [0.717, 1.165) is 11.1 Å². The fourth-order valence-corrected chi connectivity index (χ4v) is 5.66. The van der Waals surface area contributed by atoms with E-state index in [2.05, 4.69) is 10.3 Å². The van der Waals surface area contributed by atoms with Gasteiger partial charge in [0, 0.05) is 17.8 Å². The van der Waals surface area contributed by atoms with Crippen molar-refractivity contribution in [1.82, 2.24) is 0 Å². The maximum atomic E-state index is 12.4. The zero-order valence-electron chi connectivity index (χ0n) is 23.8. The van der Waals surface area contributed by atoms with Crippen LogP contribution in [-0.2, 0) is 28.0 Å². The molecule has 0 aromatic heterocycles. The van der Waals surface area contributed by atoms with Crippen molar-refractivity contribution in [2.75, 3.05) is 5.32 Å². The third-order valence-electron chi connectivity index (χ3n) is 7.09. The molecule has 1 aliphatic carbocycles. The van der Waals surface area contributed by atoms with E-state index in [0.29, 0.717) is 17.8 Å². The SMILES string of the molecule is O=C(O)C1=CC(=C(c2ccc(NCc3ccccc3)c(C(=O)O)c2)c2ccccc2S(=O)(=O)O)C=CC1=NCc1ccccc1. The molecule has 45 heavy (non-hydrogen) atoms. The van der Waals surface area contributed by atoms with Crippen LogP contribution >= 0.6 is 0 Å². The van der Waals surface area contributed by atoms with Crippen LogP contribution in [0.15, 0.2) is 142 Å². The molecule has 0 spiro atoms. The Kier molecular flexibility index (Phi) is 9.17. The summed E-state index contributed by atoms with van der Waals surface area (Å²) < 4.78 is 35.0. The topological polar surface area (TPSA) is 153 Å². The fourth-order valence-electron chi connectivity index (χ4n) is 4.96. The van der Waals surface area contributed by atoms with Gasteiger partial charge < -0.3 is 15.5 Å². The maximum Gasteiger partial charge on any atom is 0.337 e. The van der Waals surface area contributed by atoms with Gasteiger partial charge in [0.2, 0.25) is 0 Å². The maximum absolute atomic E-state index is 12.4. The number of nitrogens with zero attached hydrogens (tertiary/aromatic N) is 1. The summed E-state index contributed by atoms with van der Waals surface area (Å²) in [6, 6.07) is 29.0. The number of anilines is 1. The van der Waals surface area contributed by atoms with Crippen LogP contribution in [-0.4, -0.2) is 40.8 Å². The van der Waals surface area contributed by atoms with Gasteiger partial charge in [-0.05, 0) is 58.2 Å². The fraction of sp³-hybridized carbons (Fsp3) is 0.0571. The van der Waals surface area contributed by atoms with E-state index in [-0.39, 0.29) is 40.1 Å². The van der Waals surface area contributed by atoms with Gasteiger partial charge in [0.1, 0.15) is 4.90 Å². The number of allylic oxidation sites excluding steroid dienone is 4. The first kappa shape index (κ1) is 30.9. The molecule has 9 nitrogen and oxygen atoms in total. The number of aliphatic imine (C=N–C) groups is 1. The monoisotopic (exact) mass is 620 g/mol. The molecule has 0 heterocycles. The van der Waals surface area contributed by atoms with E-state index in [4.69, 9.17) is 0 Å². The van der Waals surface area contributed by atoms with Gasteiger partial charge in [0.15, 0.2) is 0 Å². The van der Waals surface area contributed by atoms with Gasteiger partial charge in [-0.2, -0.15) is 8.42 Å². The van der Waals surface area contributed by atoms with E-state index >= 15 is 0 Å². The minimum atomic E-state index is -4.73. The Bertz CT molecular complexity index is 2000. The van der Waals surface area contributed by atoms with Crippen LogP contribution in [0, 0.1) is 0 Å². The number of hydrogen-bond donors (Lipinski definition) is 4. The molecule has 1 aliphatic rings. The van der Waals surface area contributed by atoms with Gasteiger partial charge in [0.25, 0.3) is 10.1 Å². The van der Waals surface area contributed by atoms with Gasteiger partial charge in [0.05, 0.1) is 23.4 Å². The number of aliphatic carboxylic acids is 1. The van der Waals surface area contributed by atoms with E-state index in [9.17, 15) is 32.8 Å². The lowest BCUT2D eigenvalue weighted by Gasteiger charge is -2.19. The quantitative estimate of drug-likeness (QED) is 0.151. The molecule has 5 rings (SSSR count). The predicted molar refractivity (Wildman–Crippen MR) is 172 cm³/mol. The third kappa shape index (κ3) is 7.32. The van der Waals surface area contributed by atoms with Gasteiger partial charge in [-0.1, -0.05) is 91.0 Å². The van der Waals surface area contributed by atoms with E-state index in [1.807, 2.05) is 60.7 Å². The molecule has 0 unspecified atom stereocenters. The van der Waals surface area contributed by atoms with Crippen LogP contribution < -0.4 is 5.32 Å². The number of carboxylic acid groups (broad SMARTS) is 2. The second kappa shape index (κ2) is 13.4. The summed E-state index contributed by atoms with van der Waals surface area (Å²) in [6.07, 6.45) is 4.48. The summed E-state index contributed by atoms with van der Waals surface area (Å²) in [7, 11) is -4.73. The number of carbonyl (C=O) groups is 2. The highest BCUT2D eigenvalue weighted by Gasteiger charge is 2.25. The molecular formula is C35H28N2O7S. The van der Waals surface area contributed by atoms with E-state index < -0.39 is 27.0 Å². The molecule has 10 heteroatoms. The zero-order chi connectivity index (χ0) is 32.0. The molecule has 0 radical (unpaired) electrons. The normalized spacial score (nSPS) is 15.0. The van der Waals surface area contributed by atoms with Gasteiger partial charge in [-0.25, -0.2) is 9.59 Å². The second-order valence-electron chi connectivity index (χ2n) is 10.1. The molecular weight excluding hydrogens is 592 g/mol. The number of hydrogen-bond acceptors (Lipinski definition) is 6. The zero-order valence-corrected chi connectivity index (χ0v) is 24.6. The van der Waals surface area contributed by atoms with Crippen LogP contribution in [0.1, 0.15) is 32.6 Å². The highest BCUT2D eigenvalue weighted by molar-refractivity contribution is 7.86. The minimum absolute atomic E-state index is 0.0617. The van der Waals surface area contributed by atoms with E-state index in [1.165, 1.54) is 36.4 Å². The molecule has 0 saturated heterocycles. The van der Waals surface area contributed by atoms with Gasteiger partial charge >= 0.3 is 11.9 Å². The van der Waals surface area contributed by atoms with Crippen molar-refractivity contribution >= 4 is 39.0 Å². The number of nitrogens with one attached hydrogen (secondary N) is 1. The Morgan fingerprint density at radius 2 is 1.38 bits per heavy atom. The molecule has 0 amide bonds. The van der Waals surface area contributed by atoms with Crippen molar-refractivity contribution in [2.24, 2.45) is 4.99 Å². The predicted octanol–water partition coefficient (Wildman–Crippen LogP) is 6.27. The summed E-state index contributed by atoms with van der Waals surface area (Å²) in [6.45, 7) is 0.598. The summed E-state index contributed by atoms with van der Waals surface area (Å²) >= 11 is 0. The van der Waals surface area contributed by atoms with E-state index in [1.54, 1.807) is 24.3 Å². The average molecular weight is 621 g/mol. The molecule has 0 aliphatic heterocycles. The molecule has 0 atom stereocenters. The number of rotatable bonds is 10. The van der Waals surface area contributed by atoms with Crippen LogP contribution in [0.3, 0.4) is 0 Å². The molecule has 0 fully saturated rings. The van der Waals surface area contributed by atoms with Crippen molar-refractivity contribution < 1.29 is 32.8 Å². The van der Waals surface area contributed by atoms with Crippen molar-refractivity contribution in [3.8, 4) is 0 Å². The first-order valence-electron chi connectivity index (χ1n) is 13.8. The summed E-state index contributed by atoms with van der Waals surface area (Å²) in [5.74, 6) is -2.48. The molecule has 0 bridgehead atoms. The van der Waals surface area contributed by atoms with Crippen molar-refractivity contribution in [2.45, 2.75) is 18.0 Å². The Hall–Kier alpha value is -5.58. The minimum Gasteiger partial charge on any atom is -0.478 e. The van der Waals surface area contributed by atoms with Crippen LogP contribution in [0.5, 0.6) is 0 Å². The third-order valence-corrected chi connectivity index (χ3v) is 8.00. The number of benzene rings is 4. The second-order valence-corrected chi connectivity index (χ2v) is 11.5. The Labute approximate surface area is 260 Å². The summed E-state index contributed by atoms with van der Waals surface area (Å²) in [5, 5.41) is 23.4. The molecule has 0 saturated carbocycles. The van der Waals surface area contributed by atoms with Gasteiger partial charge in [-0.15, -0.1) is 0 Å². The number of aromatic carboxylic acids is 1. The summed E-state index contributed by atoms with van der Waals surface area (Å²) in [4.78, 5) is 28.9. The van der Waals surface area contributed by atoms with Crippen molar-refractivity contribution in [1.29, 1.82) is 0 Å². The molecule has 4 aromatic carbocycles. The highest BCUT2D eigenvalue weighted by atomic mass is 32.2. The van der Waals surface area contributed by atoms with Crippen LogP contribution in [0.25, 0.3) is 5.57 Å². The Balaban J connectivity index is 1.67. The number of carboxylic acids is 2. The van der Waals surface area contributed by atoms with Gasteiger partial charge in [-0.3, -0.25) is 9.55 Å². The first-order chi connectivity index (χ1) is 21.6. The van der Waals surface area contributed by atoms with Crippen molar-refractivity contribution in [3.63, 3.8) is 0 Å². The first-order valence-corrected chi connectivity index (χ1v) is 15.2. The largest absolute Gasteiger partial charge is 0.478 e. The Morgan fingerprint density at radius 1 is 0.733 bits per heavy atom. The molecule has 4 N–H and O–H groups in total. The lowest BCUT2D eigenvalue weighted by atomic mass is 9.88. The van der Waals surface area contributed by atoms with Crippen LogP contribution in [0.2, 0.25) is 0 Å². The smallest absolute Gasteiger partial charge is 0.337 e. The average Bonchev–Trinajstić information content (AvgIpc) is 3.04. The van der Waals surface area contributed by atoms with Crippen LogP contribution in [0.4, 0.5) is 5.69 Å². The molecule has 226 valence electrons.